The SMILES string of the molecule is COc1ccc(-c2c(-c3ccccc3)sc(Nc3ccccc3)[n+]2-c2ccccc2)cc1.[Br-]. The van der Waals surface area contributed by atoms with Crippen molar-refractivity contribution >= 4 is 22.2 Å². The zero-order valence-corrected chi connectivity index (χ0v) is 20.5. The van der Waals surface area contributed by atoms with E-state index in [0.717, 1.165) is 33.5 Å². The van der Waals surface area contributed by atoms with Crippen LogP contribution < -0.4 is 31.6 Å². The largest absolute Gasteiger partial charge is 1.00 e. The van der Waals surface area contributed by atoms with Crippen molar-refractivity contribution in [3.63, 3.8) is 0 Å². The third kappa shape index (κ3) is 4.85. The summed E-state index contributed by atoms with van der Waals surface area (Å²) in [6.07, 6.45) is 0. The number of ether oxygens (including phenoxy) is 1. The van der Waals surface area contributed by atoms with Crippen molar-refractivity contribution in [3.05, 3.63) is 115 Å². The smallest absolute Gasteiger partial charge is 0.345 e. The standard InChI is InChI=1S/C28H22N2OS.BrH/c1-31-25-19-17-21(18-20-25)26-27(22-11-5-2-6-12-22)32-28(29-23-13-7-3-8-14-23)30(26)24-15-9-4-10-16-24;/h2-20H,1H3;1H. The number of para-hydroxylation sites is 2. The van der Waals surface area contributed by atoms with Crippen LogP contribution in [0.1, 0.15) is 0 Å². The maximum atomic E-state index is 5.40. The fourth-order valence-electron chi connectivity index (χ4n) is 3.74. The summed E-state index contributed by atoms with van der Waals surface area (Å²) in [6.45, 7) is 0. The second-order valence-corrected chi connectivity index (χ2v) is 8.34. The lowest BCUT2D eigenvalue weighted by atomic mass is 10.1. The van der Waals surface area contributed by atoms with Crippen molar-refractivity contribution < 1.29 is 26.3 Å². The van der Waals surface area contributed by atoms with E-state index in [-0.39, 0.29) is 17.0 Å². The Balaban J connectivity index is 0.00000259. The second-order valence-electron chi connectivity index (χ2n) is 7.34. The summed E-state index contributed by atoms with van der Waals surface area (Å²) in [5.74, 6) is 0.846. The molecule has 1 heterocycles. The molecule has 0 aliphatic carbocycles. The van der Waals surface area contributed by atoms with Gasteiger partial charge in [-0.25, -0.2) is 5.32 Å². The fraction of sp³-hybridized carbons (Fsp3) is 0.0357. The molecule has 0 fully saturated rings. The summed E-state index contributed by atoms with van der Waals surface area (Å²) in [5, 5.41) is 4.70. The van der Waals surface area contributed by atoms with Crippen LogP contribution in [0.3, 0.4) is 0 Å². The van der Waals surface area contributed by atoms with E-state index >= 15 is 0 Å². The molecule has 0 bridgehead atoms. The van der Waals surface area contributed by atoms with Gasteiger partial charge in [0, 0.05) is 5.56 Å². The number of thiazole rings is 1. The average molecular weight is 515 g/mol. The highest BCUT2D eigenvalue weighted by atomic mass is 79.9. The van der Waals surface area contributed by atoms with Gasteiger partial charge in [-0.1, -0.05) is 66.7 Å². The summed E-state index contributed by atoms with van der Waals surface area (Å²) < 4.78 is 7.71. The molecule has 0 saturated carbocycles. The highest BCUT2D eigenvalue weighted by Crippen LogP contribution is 2.40. The van der Waals surface area contributed by atoms with Gasteiger partial charge in [0.25, 0.3) is 0 Å². The molecule has 0 aliphatic rings. The van der Waals surface area contributed by atoms with Crippen molar-refractivity contribution in [2.45, 2.75) is 0 Å². The molecule has 0 spiro atoms. The third-order valence-corrected chi connectivity index (χ3v) is 6.39. The summed E-state index contributed by atoms with van der Waals surface area (Å²) in [6, 6.07) is 39.6. The number of methoxy groups -OCH3 is 1. The molecule has 1 aromatic heterocycles. The monoisotopic (exact) mass is 514 g/mol. The lowest BCUT2D eigenvalue weighted by Crippen LogP contribution is -3.00. The quantitative estimate of drug-likeness (QED) is 0.345. The van der Waals surface area contributed by atoms with Gasteiger partial charge in [0.15, 0.2) is 5.69 Å². The molecule has 3 nitrogen and oxygen atoms in total. The highest BCUT2D eigenvalue weighted by Gasteiger charge is 2.28. The maximum absolute atomic E-state index is 5.40. The first-order valence-corrected chi connectivity index (χ1v) is 11.3. The number of nitrogens with one attached hydrogen (secondary N) is 1. The van der Waals surface area contributed by atoms with Crippen molar-refractivity contribution in [2.75, 3.05) is 12.4 Å². The van der Waals surface area contributed by atoms with Crippen molar-refractivity contribution in [1.82, 2.24) is 0 Å². The number of rotatable bonds is 6. The highest BCUT2D eigenvalue weighted by molar-refractivity contribution is 7.19. The van der Waals surface area contributed by atoms with E-state index in [4.69, 9.17) is 4.74 Å². The lowest BCUT2D eigenvalue weighted by molar-refractivity contribution is -0.563. The Hall–Kier alpha value is -3.41. The first-order chi connectivity index (χ1) is 15.8. The molecule has 0 atom stereocenters. The normalized spacial score (nSPS) is 10.3. The van der Waals surface area contributed by atoms with Gasteiger partial charge in [-0.2, -0.15) is 4.57 Å². The van der Waals surface area contributed by atoms with Crippen LogP contribution in [0, 0.1) is 0 Å². The van der Waals surface area contributed by atoms with Crippen LogP contribution >= 0.6 is 11.3 Å². The van der Waals surface area contributed by atoms with E-state index < -0.39 is 0 Å². The fourth-order valence-corrected chi connectivity index (χ4v) is 4.95. The number of hydrogen-bond acceptors (Lipinski definition) is 3. The summed E-state index contributed by atoms with van der Waals surface area (Å²) in [4.78, 5) is 1.21. The van der Waals surface area contributed by atoms with Gasteiger partial charge in [-0.15, -0.1) is 0 Å². The summed E-state index contributed by atoms with van der Waals surface area (Å²) >= 11 is 1.75. The minimum absolute atomic E-state index is 0. The van der Waals surface area contributed by atoms with Gasteiger partial charge < -0.3 is 21.7 Å². The molecule has 4 aromatic carbocycles. The van der Waals surface area contributed by atoms with Crippen LogP contribution in [0.15, 0.2) is 115 Å². The summed E-state index contributed by atoms with van der Waals surface area (Å²) in [7, 11) is 1.70. The zero-order valence-electron chi connectivity index (χ0n) is 18.1. The molecule has 5 rings (SSSR count). The van der Waals surface area contributed by atoms with Gasteiger partial charge in [0.05, 0.1) is 12.0 Å². The first-order valence-electron chi connectivity index (χ1n) is 10.5. The van der Waals surface area contributed by atoms with Crippen LogP contribution in [0.2, 0.25) is 0 Å². The molecule has 33 heavy (non-hydrogen) atoms. The predicted molar refractivity (Wildman–Crippen MR) is 133 cm³/mol. The molecule has 0 unspecified atom stereocenters. The van der Waals surface area contributed by atoms with Gasteiger partial charge in [-0.3, -0.25) is 0 Å². The third-order valence-electron chi connectivity index (χ3n) is 5.28. The maximum Gasteiger partial charge on any atom is 0.345 e. The topological polar surface area (TPSA) is 25.1 Å². The number of nitrogens with zero attached hydrogens (tertiary/aromatic N) is 1. The Morgan fingerprint density at radius 1 is 0.667 bits per heavy atom. The Labute approximate surface area is 208 Å². The Bertz CT molecular complexity index is 1310. The van der Waals surface area contributed by atoms with Gasteiger partial charge in [0.1, 0.15) is 17.1 Å². The van der Waals surface area contributed by atoms with Crippen LogP contribution in [0.5, 0.6) is 5.75 Å². The van der Waals surface area contributed by atoms with Crippen molar-refractivity contribution in [1.29, 1.82) is 0 Å². The van der Waals surface area contributed by atoms with E-state index in [1.807, 2.05) is 36.4 Å². The number of aromatic nitrogens is 1. The van der Waals surface area contributed by atoms with Crippen LogP contribution in [-0.2, 0) is 0 Å². The molecule has 1 N–H and O–H groups in total. The number of anilines is 2. The Kier molecular flexibility index (Phi) is 7.23. The molecular formula is C28H23BrN2OS. The first kappa shape index (κ1) is 22.8. The Morgan fingerprint density at radius 3 is 1.85 bits per heavy atom. The van der Waals surface area contributed by atoms with E-state index in [2.05, 4.69) is 88.7 Å². The Morgan fingerprint density at radius 2 is 1.24 bits per heavy atom. The van der Waals surface area contributed by atoms with E-state index in [0.29, 0.717) is 0 Å². The van der Waals surface area contributed by atoms with Crippen molar-refractivity contribution in [2.24, 2.45) is 0 Å². The number of halogens is 1. The van der Waals surface area contributed by atoms with E-state index in [1.54, 1.807) is 18.4 Å². The molecule has 0 radical (unpaired) electrons. The summed E-state index contributed by atoms with van der Waals surface area (Å²) in [5.41, 5.74) is 5.63. The molecule has 5 heteroatoms. The number of hydrogen-bond donors (Lipinski definition) is 1. The van der Waals surface area contributed by atoms with E-state index in [1.165, 1.54) is 10.4 Å². The minimum atomic E-state index is 0. The average Bonchev–Trinajstić information content (AvgIpc) is 3.25. The van der Waals surface area contributed by atoms with Gasteiger partial charge >= 0.3 is 5.13 Å². The van der Waals surface area contributed by atoms with Crippen LogP contribution in [-0.4, -0.2) is 7.11 Å². The predicted octanol–water partition coefficient (Wildman–Crippen LogP) is 4.12. The molecule has 164 valence electrons. The number of benzene rings is 4. The van der Waals surface area contributed by atoms with Crippen LogP contribution in [0.4, 0.5) is 10.8 Å². The molecule has 5 aromatic rings. The van der Waals surface area contributed by atoms with E-state index in [9.17, 15) is 0 Å². The molecule has 0 saturated heterocycles. The zero-order chi connectivity index (χ0) is 21.8. The molecular weight excluding hydrogens is 492 g/mol. The lowest BCUT2D eigenvalue weighted by Gasteiger charge is -2.08. The second kappa shape index (κ2) is 10.5. The minimum Gasteiger partial charge on any atom is -1.00 e. The van der Waals surface area contributed by atoms with Gasteiger partial charge in [0.2, 0.25) is 0 Å². The van der Waals surface area contributed by atoms with Crippen molar-refractivity contribution in [3.8, 4) is 33.1 Å². The van der Waals surface area contributed by atoms with Crippen LogP contribution in [0.25, 0.3) is 27.4 Å². The molecule has 0 aliphatic heterocycles. The van der Waals surface area contributed by atoms with Gasteiger partial charge in [-0.05, 0) is 65.4 Å². The molecule has 0 amide bonds.